The second kappa shape index (κ2) is 4.60. The molecule has 78 valence electrons. The Morgan fingerprint density at radius 2 is 2.00 bits per heavy atom. The summed E-state index contributed by atoms with van der Waals surface area (Å²) in [4.78, 5) is 0. The predicted molar refractivity (Wildman–Crippen MR) is 62.5 cm³/mol. The number of hydrogen-bond acceptors (Lipinski definition) is 2. The van der Waals surface area contributed by atoms with Crippen molar-refractivity contribution in [3.63, 3.8) is 0 Å². The average molecular weight is 242 g/mol. The van der Waals surface area contributed by atoms with Crippen LogP contribution in [0.3, 0.4) is 0 Å². The third-order valence-corrected chi connectivity index (χ3v) is 2.80. The maximum absolute atomic E-state index is 6.01. The molecule has 0 radical (unpaired) electrons. The molecule has 2 nitrogen and oxygen atoms in total. The molecule has 1 aromatic carbocycles. The van der Waals surface area contributed by atoms with Crippen LogP contribution in [0.2, 0.25) is 10.0 Å². The Morgan fingerprint density at radius 3 is 2.73 bits per heavy atom. The van der Waals surface area contributed by atoms with E-state index in [1.54, 1.807) is 12.3 Å². The summed E-state index contributed by atoms with van der Waals surface area (Å²) in [7, 11) is 0. The van der Waals surface area contributed by atoms with E-state index in [9.17, 15) is 0 Å². The lowest BCUT2D eigenvalue weighted by Gasteiger charge is -2.07. The third kappa shape index (κ3) is 2.46. The van der Waals surface area contributed by atoms with Crippen molar-refractivity contribution in [3.05, 3.63) is 52.4 Å². The van der Waals surface area contributed by atoms with Crippen LogP contribution in [0, 0.1) is 0 Å². The highest BCUT2D eigenvalue weighted by molar-refractivity contribution is 6.43. The van der Waals surface area contributed by atoms with Gasteiger partial charge in [0.25, 0.3) is 0 Å². The van der Waals surface area contributed by atoms with E-state index in [0.29, 0.717) is 16.6 Å². The molecular formula is C11H9Cl2NO. The second-order valence-electron chi connectivity index (χ2n) is 3.03. The monoisotopic (exact) mass is 241 g/mol. The van der Waals surface area contributed by atoms with E-state index < -0.39 is 0 Å². The topological polar surface area (TPSA) is 25.2 Å². The van der Waals surface area contributed by atoms with Crippen molar-refractivity contribution >= 4 is 28.9 Å². The lowest BCUT2D eigenvalue weighted by Crippen LogP contribution is -1.98. The summed E-state index contributed by atoms with van der Waals surface area (Å²) < 4.78 is 5.19. The molecule has 15 heavy (non-hydrogen) atoms. The van der Waals surface area contributed by atoms with Gasteiger partial charge in [-0.25, -0.2) is 0 Å². The third-order valence-electron chi connectivity index (χ3n) is 1.98. The van der Waals surface area contributed by atoms with E-state index in [-0.39, 0.29) is 0 Å². The van der Waals surface area contributed by atoms with E-state index in [0.717, 1.165) is 11.4 Å². The van der Waals surface area contributed by atoms with Crippen LogP contribution >= 0.6 is 23.2 Å². The van der Waals surface area contributed by atoms with Crippen molar-refractivity contribution in [1.82, 2.24) is 0 Å². The minimum atomic E-state index is 0.533. The zero-order valence-electron chi connectivity index (χ0n) is 7.84. The number of rotatable bonds is 3. The Labute approximate surface area is 97.8 Å². The molecule has 0 aliphatic rings. The van der Waals surface area contributed by atoms with Crippen LogP contribution in [0.5, 0.6) is 0 Å². The van der Waals surface area contributed by atoms with E-state index in [1.807, 2.05) is 24.3 Å². The lowest BCUT2D eigenvalue weighted by molar-refractivity contribution is 0.518. The number of furan rings is 1. The van der Waals surface area contributed by atoms with Gasteiger partial charge in [0.05, 0.1) is 28.5 Å². The van der Waals surface area contributed by atoms with Crippen molar-refractivity contribution in [1.29, 1.82) is 0 Å². The van der Waals surface area contributed by atoms with E-state index in [1.165, 1.54) is 0 Å². The molecule has 0 unspecified atom stereocenters. The summed E-state index contributed by atoms with van der Waals surface area (Å²) in [5.74, 6) is 0.853. The molecule has 0 aliphatic carbocycles. The van der Waals surface area contributed by atoms with Crippen molar-refractivity contribution in [2.45, 2.75) is 6.54 Å². The summed E-state index contributed by atoms with van der Waals surface area (Å²) in [5.41, 5.74) is 0.806. The molecular weight excluding hydrogens is 233 g/mol. The fraction of sp³-hybridized carbons (Fsp3) is 0.0909. The maximum Gasteiger partial charge on any atom is 0.122 e. The van der Waals surface area contributed by atoms with Crippen LogP contribution in [0.15, 0.2) is 41.0 Å². The molecule has 2 rings (SSSR count). The fourth-order valence-electron chi connectivity index (χ4n) is 1.24. The van der Waals surface area contributed by atoms with Gasteiger partial charge in [-0.1, -0.05) is 29.3 Å². The maximum atomic E-state index is 6.01. The van der Waals surface area contributed by atoms with Crippen LogP contribution in [-0.4, -0.2) is 0 Å². The molecule has 4 heteroatoms. The van der Waals surface area contributed by atoms with Crippen molar-refractivity contribution in [3.8, 4) is 0 Å². The summed E-state index contributed by atoms with van der Waals surface area (Å²) in [5, 5.41) is 4.22. The van der Waals surface area contributed by atoms with Gasteiger partial charge in [0.15, 0.2) is 0 Å². The molecule has 0 atom stereocenters. The molecule has 1 N–H and O–H groups in total. The Bertz CT molecular complexity index is 440. The van der Waals surface area contributed by atoms with E-state index >= 15 is 0 Å². The fourth-order valence-corrected chi connectivity index (χ4v) is 1.60. The highest BCUT2D eigenvalue weighted by atomic mass is 35.5. The first-order chi connectivity index (χ1) is 7.27. The molecule has 0 saturated carbocycles. The molecule has 1 heterocycles. The summed E-state index contributed by atoms with van der Waals surface area (Å²) in [6.07, 6.45) is 1.64. The Hall–Kier alpha value is -1.12. The van der Waals surface area contributed by atoms with Gasteiger partial charge in [-0.05, 0) is 24.3 Å². The van der Waals surface area contributed by atoms with Gasteiger partial charge < -0.3 is 9.73 Å². The van der Waals surface area contributed by atoms with Crippen molar-refractivity contribution in [2.24, 2.45) is 0 Å². The zero-order valence-corrected chi connectivity index (χ0v) is 9.35. The van der Waals surface area contributed by atoms with Gasteiger partial charge in [-0.3, -0.25) is 0 Å². The minimum absolute atomic E-state index is 0.533. The van der Waals surface area contributed by atoms with Gasteiger partial charge in [0.2, 0.25) is 0 Å². The second-order valence-corrected chi connectivity index (χ2v) is 3.82. The zero-order chi connectivity index (χ0) is 10.7. The highest BCUT2D eigenvalue weighted by Gasteiger charge is 2.03. The van der Waals surface area contributed by atoms with Crippen molar-refractivity contribution in [2.75, 3.05) is 5.32 Å². The molecule has 0 saturated heterocycles. The van der Waals surface area contributed by atoms with Crippen LogP contribution < -0.4 is 5.32 Å². The SMILES string of the molecule is Clc1cccc(NCc2ccco2)c1Cl. The van der Waals surface area contributed by atoms with Crippen molar-refractivity contribution < 1.29 is 4.42 Å². The van der Waals surface area contributed by atoms with Gasteiger partial charge in [0, 0.05) is 0 Å². The molecule has 1 aromatic heterocycles. The van der Waals surface area contributed by atoms with Crippen LogP contribution in [-0.2, 0) is 6.54 Å². The number of halogens is 2. The molecule has 0 aliphatic heterocycles. The van der Waals surface area contributed by atoms with Crippen LogP contribution in [0.1, 0.15) is 5.76 Å². The summed E-state index contributed by atoms with van der Waals surface area (Å²) >= 11 is 11.9. The Balaban J connectivity index is 2.08. The first-order valence-electron chi connectivity index (χ1n) is 4.47. The quantitative estimate of drug-likeness (QED) is 0.872. The predicted octanol–water partition coefficient (Wildman–Crippen LogP) is 4.20. The molecule has 0 fully saturated rings. The summed E-state index contributed by atoms with van der Waals surface area (Å²) in [6.45, 7) is 0.590. The Morgan fingerprint density at radius 1 is 1.13 bits per heavy atom. The molecule has 2 aromatic rings. The first-order valence-corrected chi connectivity index (χ1v) is 5.23. The lowest BCUT2D eigenvalue weighted by atomic mass is 10.3. The van der Waals surface area contributed by atoms with E-state index in [2.05, 4.69) is 5.32 Å². The van der Waals surface area contributed by atoms with E-state index in [4.69, 9.17) is 27.6 Å². The van der Waals surface area contributed by atoms with Crippen LogP contribution in [0.25, 0.3) is 0 Å². The van der Waals surface area contributed by atoms with Gasteiger partial charge in [-0.15, -0.1) is 0 Å². The summed E-state index contributed by atoms with van der Waals surface area (Å²) in [6, 6.07) is 9.21. The van der Waals surface area contributed by atoms with Gasteiger partial charge in [-0.2, -0.15) is 0 Å². The normalized spacial score (nSPS) is 10.3. The first kappa shape index (κ1) is 10.4. The van der Waals surface area contributed by atoms with Gasteiger partial charge >= 0.3 is 0 Å². The van der Waals surface area contributed by atoms with Gasteiger partial charge in [0.1, 0.15) is 5.76 Å². The number of benzene rings is 1. The number of nitrogens with one attached hydrogen (secondary N) is 1. The molecule has 0 bridgehead atoms. The molecule has 0 spiro atoms. The Kier molecular flexibility index (Phi) is 3.19. The number of anilines is 1. The molecule has 0 amide bonds. The highest BCUT2D eigenvalue weighted by Crippen LogP contribution is 2.29. The standard InChI is InChI=1S/C11H9Cl2NO/c12-9-4-1-5-10(11(9)13)14-7-8-3-2-6-15-8/h1-6,14H,7H2. The average Bonchev–Trinajstić information content (AvgIpc) is 2.73. The smallest absolute Gasteiger partial charge is 0.122 e. The number of hydrogen-bond donors (Lipinski definition) is 1. The van der Waals surface area contributed by atoms with Crippen LogP contribution in [0.4, 0.5) is 5.69 Å². The minimum Gasteiger partial charge on any atom is -0.467 e. The largest absolute Gasteiger partial charge is 0.467 e.